The molecule has 9 heteroatoms. The topological polar surface area (TPSA) is 76.0 Å². The van der Waals surface area contributed by atoms with E-state index in [2.05, 4.69) is 32.9 Å². The van der Waals surface area contributed by atoms with Gasteiger partial charge in [0.25, 0.3) is 5.69 Å². The van der Waals surface area contributed by atoms with Gasteiger partial charge in [0.15, 0.2) is 0 Å². The van der Waals surface area contributed by atoms with Crippen LogP contribution in [-0.2, 0) is 25.2 Å². The second kappa shape index (κ2) is 4.35. The fraction of sp³-hybridized carbons (Fsp3) is 1.00. The molecule has 0 aromatic carbocycles. The monoisotopic (exact) mass is 238 g/mol. The summed E-state index contributed by atoms with van der Waals surface area (Å²) in [6, 6.07) is 0. The molecule has 0 aliphatic carbocycles. The summed E-state index contributed by atoms with van der Waals surface area (Å²) in [5, 5.41) is 0. The molecule has 0 fully saturated rings. The third-order valence-electron chi connectivity index (χ3n) is 0.502. The molecule has 0 amide bonds. The van der Waals surface area contributed by atoms with E-state index >= 15 is 0 Å². The van der Waals surface area contributed by atoms with E-state index in [0.717, 1.165) is 0 Å². The molecule has 0 saturated carbocycles. The molecule has 0 heterocycles. The van der Waals surface area contributed by atoms with Crippen molar-refractivity contribution < 1.29 is 23.2 Å². The maximum absolute atomic E-state index is 10.7. The van der Waals surface area contributed by atoms with E-state index in [1.807, 2.05) is 0 Å². The van der Waals surface area contributed by atoms with Crippen molar-refractivity contribution in [3.05, 3.63) is 0 Å². The highest BCUT2D eigenvalue weighted by molar-refractivity contribution is 8.60. The highest BCUT2D eigenvalue weighted by Crippen LogP contribution is 2.62. The Balaban J connectivity index is 4.14. The normalized spacial score (nSPS) is 22.2. The van der Waals surface area contributed by atoms with Gasteiger partial charge in [0, 0.05) is 0 Å². The fourth-order valence-corrected chi connectivity index (χ4v) is 3.50. The maximum atomic E-state index is 10.7. The Morgan fingerprint density at radius 3 is 2.36 bits per heavy atom. The summed E-state index contributed by atoms with van der Waals surface area (Å²) in [6.07, 6.45) is 0. The van der Waals surface area contributed by atoms with Gasteiger partial charge in [0.1, 0.15) is 0 Å². The van der Waals surface area contributed by atoms with E-state index in [1.165, 1.54) is 6.92 Å². The van der Waals surface area contributed by atoms with Crippen LogP contribution in [0.15, 0.2) is 0 Å². The Kier molecular flexibility index (Phi) is 4.77. The molecule has 11 heavy (non-hydrogen) atoms. The van der Waals surface area contributed by atoms with Gasteiger partial charge in [-0.25, -0.2) is 8.88 Å². The molecule has 0 rings (SSSR count). The van der Waals surface area contributed by atoms with E-state index < -0.39 is 13.5 Å². The average Bonchev–Trinajstić information content (AvgIpc) is 1.55. The summed E-state index contributed by atoms with van der Waals surface area (Å²) in [5.41, 5.74) is -3.43. The van der Waals surface area contributed by atoms with Gasteiger partial charge in [-0.15, -0.1) is 0 Å². The zero-order valence-corrected chi connectivity index (χ0v) is 9.08. The first-order valence-corrected chi connectivity index (χ1v) is 7.83. The lowest BCUT2D eigenvalue weighted by Gasteiger charge is -2.13. The van der Waals surface area contributed by atoms with Gasteiger partial charge < -0.3 is 9.79 Å². The molecule has 0 aromatic heterocycles. The largest absolute Gasteiger partial charge is 0.478 e. The van der Waals surface area contributed by atoms with Gasteiger partial charge in [-0.05, 0) is 18.7 Å². The van der Waals surface area contributed by atoms with Crippen LogP contribution < -0.4 is 0 Å². The van der Waals surface area contributed by atoms with E-state index in [4.69, 9.17) is 9.79 Å². The van der Waals surface area contributed by atoms with Crippen molar-refractivity contribution in [2.75, 3.05) is 6.61 Å². The van der Waals surface area contributed by atoms with Crippen molar-refractivity contribution in [3.8, 4) is 0 Å². The van der Waals surface area contributed by atoms with Gasteiger partial charge >= 0.3 is 7.82 Å². The minimum absolute atomic E-state index is 0.00309. The summed E-state index contributed by atoms with van der Waals surface area (Å²) >= 11 is 7.63. The molecule has 0 aliphatic heterocycles. The maximum Gasteiger partial charge on any atom is 0.478 e. The van der Waals surface area contributed by atoms with Crippen molar-refractivity contribution in [1.29, 1.82) is 0 Å². The molecule has 0 radical (unpaired) electrons. The Hall–Kier alpha value is 1.07. The number of phosphoric acid groups is 1. The summed E-state index contributed by atoms with van der Waals surface area (Å²) in [4.78, 5) is 17.4. The second-order valence-electron chi connectivity index (χ2n) is 1.46. The molecular formula is C2H8O5P2S2. The van der Waals surface area contributed by atoms with Crippen LogP contribution in [0.1, 0.15) is 6.92 Å². The molecule has 2 atom stereocenters. The molecule has 0 saturated heterocycles. The van der Waals surface area contributed by atoms with E-state index in [0.29, 0.717) is 0 Å². The minimum atomic E-state index is -4.20. The van der Waals surface area contributed by atoms with Gasteiger partial charge in [-0.1, -0.05) is 12.2 Å². The van der Waals surface area contributed by atoms with Crippen molar-refractivity contribution in [3.63, 3.8) is 0 Å². The standard InChI is InChI=1S/C2H8O5P2S2/c1-2-6-8(3,4)7-9(5,10)11/h2H2,1H3,(H,3,4)(H2,5,10,11). The highest BCUT2D eigenvalue weighted by Gasteiger charge is 2.26. The SMILES string of the molecule is CCOP(=O)(O)OP(O)(=S)S. The number of hydrogen-bond donors (Lipinski definition) is 3. The number of rotatable bonds is 4. The smallest absolute Gasteiger partial charge is 0.337 e. The van der Waals surface area contributed by atoms with Crippen molar-refractivity contribution >= 4 is 37.6 Å². The van der Waals surface area contributed by atoms with Crippen LogP contribution in [0, 0.1) is 0 Å². The highest BCUT2D eigenvalue weighted by atomic mass is 32.9. The predicted octanol–water partition coefficient (Wildman–Crippen LogP) is 1.29. The van der Waals surface area contributed by atoms with E-state index in [1.54, 1.807) is 0 Å². The third-order valence-corrected chi connectivity index (χ3v) is 4.02. The lowest BCUT2D eigenvalue weighted by atomic mass is 10.9. The van der Waals surface area contributed by atoms with Crippen LogP contribution in [0.2, 0.25) is 0 Å². The van der Waals surface area contributed by atoms with Crippen LogP contribution in [0.4, 0.5) is 0 Å². The van der Waals surface area contributed by atoms with Crippen LogP contribution >= 0.6 is 25.8 Å². The molecule has 0 aromatic rings. The average molecular weight is 238 g/mol. The Morgan fingerprint density at radius 1 is 1.64 bits per heavy atom. The Labute approximate surface area is 74.7 Å². The Morgan fingerprint density at radius 2 is 2.09 bits per heavy atom. The fourth-order valence-electron chi connectivity index (χ4n) is 0.321. The van der Waals surface area contributed by atoms with Crippen LogP contribution in [0.25, 0.3) is 0 Å². The van der Waals surface area contributed by atoms with Gasteiger partial charge in [-0.2, -0.15) is 0 Å². The van der Waals surface area contributed by atoms with E-state index in [9.17, 15) is 4.57 Å². The molecule has 2 N–H and O–H groups in total. The van der Waals surface area contributed by atoms with E-state index in [-0.39, 0.29) is 6.61 Å². The minimum Gasteiger partial charge on any atom is -0.337 e. The number of thiol groups is 1. The lowest BCUT2D eigenvalue weighted by molar-refractivity contribution is 0.215. The van der Waals surface area contributed by atoms with Crippen LogP contribution in [0.5, 0.6) is 0 Å². The molecule has 2 unspecified atom stereocenters. The molecule has 0 spiro atoms. The number of phosphoric ester groups is 1. The number of hydrogen-bond acceptors (Lipinski definition) is 4. The summed E-state index contributed by atoms with van der Waals surface area (Å²) < 4.78 is 19.0. The first-order valence-electron chi connectivity index (χ1n) is 2.51. The van der Waals surface area contributed by atoms with Crippen molar-refractivity contribution in [2.24, 2.45) is 0 Å². The van der Waals surface area contributed by atoms with Gasteiger partial charge in [0.2, 0.25) is 0 Å². The Bertz CT molecular complexity index is 211. The second-order valence-corrected chi connectivity index (χ2v) is 8.21. The predicted molar refractivity (Wildman–Crippen MR) is 48.0 cm³/mol. The summed E-state index contributed by atoms with van der Waals surface area (Å²) in [7, 11) is -4.20. The quantitative estimate of drug-likeness (QED) is 0.506. The molecule has 5 nitrogen and oxygen atoms in total. The first kappa shape index (κ1) is 12.1. The lowest BCUT2D eigenvalue weighted by Crippen LogP contribution is -1.90. The van der Waals surface area contributed by atoms with Crippen LogP contribution in [0.3, 0.4) is 0 Å². The molecule has 68 valence electrons. The molecule has 0 bridgehead atoms. The summed E-state index contributed by atoms with van der Waals surface area (Å²) in [5.74, 6) is 0. The molecular weight excluding hydrogens is 230 g/mol. The van der Waals surface area contributed by atoms with Crippen LogP contribution in [-0.4, -0.2) is 16.4 Å². The zero-order valence-electron chi connectivity index (χ0n) is 5.58. The molecule has 0 aliphatic rings. The first-order chi connectivity index (χ1) is 4.77. The zero-order chi connectivity index (χ0) is 9.12. The third kappa shape index (κ3) is 7.43. The summed E-state index contributed by atoms with van der Waals surface area (Å²) in [6.45, 7) is 1.50. The van der Waals surface area contributed by atoms with Crippen molar-refractivity contribution in [2.45, 2.75) is 6.92 Å². The van der Waals surface area contributed by atoms with Crippen molar-refractivity contribution in [1.82, 2.24) is 0 Å². The van der Waals surface area contributed by atoms with Gasteiger partial charge in [0.05, 0.1) is 6.61 Å². The van der Waals surface area contributed by atoms with Gasteiger partial charge in [-0.3, -0.25) is 4.52 Å².